The number of fused-ring (bicyclic) bond motifs is 1. The fraction of sp³-hybridized carbons (Fsp3) is 0.308. The first-order chi connectivity index (χ1) is 9.69. The van der Waals surface area contributed by atoms with Crippen LogP contribution in [-0.4, -0.2) is 24.5 Å². The predicted octanol–water partition coefficient (Wildman–Crippen LogP) is 2.56. The van der Waals surface area contributed by atoms with E-state index in [9.17, 15) is 0 Å². The lowest BCUT2D eigenvalue weighted by atomic mass is 10.3. The highest BCUT2D eigenvalue weighted by Crippen LogP contribution is 2.23. The van der Waals surface area contributed by atoms with Crippen molar-refractivity contribution in [2.24, 2.45) is 7.05 Å². The maximum absolute atomic E-state index is 4.65. The predicted molar refractivity (Wildman–Crippen MR) is 81.4 cm³/mol. The van der Waals surface area contributed by atoms with E-state index in [-0.39, 0.29) is 0 Å². The third-order valence-corrected chi connectivity index (χ3v) is 3.76. The van der Waals surface area contributed by atoms with Crippen molar-refractivity contribution < 1.29 is 0 Å². The monoisotopic (exact) mass is 334 g/mol. The molecule has 0 unspecified atom stereocenters. The maximum Gasteiger partial charge on any atom is 0.204 e. The Morgan fingerprint density at radius 3 is 2.90 bits per heavy atom. The van der Waals surface area contributed by atoms with Gasteiger partial charge in [0.15, 0.2) is 0 Å². The van der Waals surface area contributed by atoms with Gasteiger partial charge in [0.05, 0.1) is 29.5 Å². The van der Waals surface area contributed by atoms with Gasteiger partial charge >= 0.3 is 0 Å². The zero-order valence-electron chi connectivity index (χ0n) is 11.3. The van der Waals surface area contributed by atoms with Crippen molar-refractivity contribution in [3.8, 4) is 0 Å². The van der Waals surface area contributed by atoms with Crippen LogP contribution < -0.4 is 5.32 Å². The quantitative estimate of drug-likeness (QED) is 0.796. The molecule has 3 rings (SSSR count). The number of halogens is 1. The van der Waals surface area contributed by atoms with Gasteiger partial charge in [0.1, 0.15) is 0 Å². The van der Waals surface area contributed by atoms with Gasteiger partial charge in [0.25, 0.3) is 0 Å². The molecular weight excluding hydrogens is 320 g/mol. The van der Waals surface area contributed by atoms with Gasteiger partial charge < -0.3 is 9.88 Å². The smallest absolute Gasteiger partial charge is 0.204 e. The van der Waals surface area contributed by atoms with E-state index in [2.05, 4.69) is 54.1 Å². The summed E-state index contributed by atoms with van der Waals surface area (Å²) in [4.78, 5) is 4.65. The number of nitrogens with one attached hydrogen (secondary N) is 1. The Kier molecular flexibility index (Phi) is 3.43. The number of anilines is 1. The first kappa shape index (κ1) is 13.1. The number of imidazole rings is 1. The van der Waals surface area contributed by atoms with Gasteiger partial charge in [-0.15, -0.1) is 5.10 Å². The average Bonchev–Trinajstić information content (AvgIpc) is 2.98. The Hall–Kier alpha value is -1.89. The van der Waals surface area contributed by atoms with Crippen LogP contribution in [0, 0.1) is 0 Å². The number of benzene rings is 1. The summed E-state index contributed by atoms with van der Waals surface area (Å²) in [6.45, 7) is 3.62. The van der Waals surface area contributed by atoms with Crippen LogP contribution in [0.25, 0.3) is 11.0 Å². The van der Waals surface area contributed by atoms with Gasteiger partial charge in [0.2, 0.25) is 5.95 Å². The Morgan fingerprint density at radius 1 is 1.35 bits per heavy atom. The van der Waals surface area contributed by atoms with Crippen molar-refractivity contribution in [3.05, 3.63) is 34.6 Å². The van der Waals surface area contributed by atoms with Gasteiger partial charge in [0, 0.05) is 18.1 Å². The van der Waals surface area contributed by atoms with Gasteiger partial charge in [-0.2, -0.15) is 0 Å². The number of aryl methyl sites for hydroxylation is 2. The molecule has 0 amide bonds. The SMILES string of the molecule is CCn1c(NCc2cnnn2C)nc2cc(Br)ccc21. The first-order valence-corrected chi connectivity index (χ1v) is 7.21. The number of hydrogen-bond donors (Lipinski definition) is 1. The Labute approximate surface area is 124 Å². The molecule has 2 heterocycles. The number of rotatable bonds is 4. The molecule has 0 aliphatic heterocycles. The van der Waals surface area contributed by atoms with E-state index in [0.717, 1.165) is 33.7 Å². The minimum atomic E-state index is 0.647. The molecule has 0 atom stereocenters. The summed E-state index contributed by atoms with van der Waals surface area (Å²) in [6.07, 6.45) is 1.75. The van der Waals surface area contributed by atoms with E-state index in [1.54, 1.807) is 10.9 Å². The lowest BCUT2D eigenvalue weighted by Gasteiger charge is -2.08. The van der Waals surface area contributed by atoms with Crippen LogP contribution in [0.1, 0.15) is 12.6 Å². The summed E-state index contributed by atoms with van der Waals surface area (Å²) < 4.78 is 4.95. The highest BCUT2D eigenvalue weighted by molar-refractivity contribution is 9.10. The van der Waals surface area contributed by atoms with Crippen LogP contribution in [0.3, 0.4) is 0 Å². The zero-order valence-corrected chi connectivity index (χ0v) is 12.9. The van der Waals surface area contributed by atoms with E-state index >= 15 is 0 Å². The third-order valence-electron chi connectivity index (χ3n) is 3.26. The Balaban J connectivity index is 1.92. The average molecular weight is 335 g/mol. The van der Waals surface area contributed by atoms with Crippen molar-refractivity contribution in [3.63, 3.8) is 0 Å². The van der Waals surface area contributed by atoms with Crippen LogP contribution >= 0.6 is 15.9 Å². The Morgan fingerprint density at radius 2 is 2.20 bits per heavy atom. The number of aromatic nitrogens is 5. The summed E-state index contributed by atoms with van der Waals surface area (Å²) in [5.41, 5.74) is 3.12. The van der Waals surface area contributed by atoms with Gasteiger partial charge in [-0.1, -0.05) is 21.1 Å². The van der Waals surface area contributed by atoms with Crippen molar-refractivity contribution in [1.82, 2.24) is 24.5 Å². The summed E-state index contributed by atoms with van der Waals surface area (Å²) in [5.74, 6) is 0.863. The van der Waals surface area contributed by atoms with Crippen LogP contribution in [0.4, 0.5) is 5.95 Å². The van der Waals surface area contributed by atoms with Crippen LogP contribution in [0.15, 0.2) is 28.9 Å². The normalized spacial score (nSPS) is 11.2. The molecule has 0 aliphatic carbocycles. The van der Waals surface area contributed by atoms with Gasteiger partial charge in [-0.3, -0.25) is 4.68 Å². The van der Waals surface area contributed by atoms with Gasteiger partial charge in [-0.25, -0.2) is 4.98 Å². The van der Waals surface area contributed by atoms with E-state index in [4.69, 9.17) is 0 Å². The van der Waals surface area contributed by atoms with Crippen molar-refractivity contribution in [2.75, 3.05) is 5.32 Å². The summed E-state index contributed by atoms with van der Waals surface area (Å²) in [6, 6.07) is 6.13. The second kappa shape index (κ2) is 5.24. The molecule has 1 aromatic carbocycles. The highest BCUT2D eigenvalue weighted by Gasteiger charge is 2.10. The third kappa shape index (κ3) is 2.29. The van der Waals surface area contributed by atoms with Crippen molar-refractivity contribution in [1.29, 1.82) is 0 Å². The largest absolute Gasteiger partial charge is 0.350 e. The molecule has 1 N–H and O–H groups in total. The molecule has 0 fully saturated rings. The second-order valence-corrected chi connectivity index (χ2v) is 5.43. The molecular formula is C13H15BrN6. The topological polar surface area (TPSA) is 60.6 Å². The Bertz CT molecular complexity index is 744. The van der Waals surface area contributed by atoms with E-state index in [0.29, 0.717) is 6.54 Å². The van der Waals surface area contributed by atoms with Crippen LogP contribution in [0.5, 0.6) is 0 Å². The van der Waals surface area contributed by atoms with Crippen LogP contribution in [0.2, 0.25) is 0 Å². The molecule has 2 aromatic heterocycles. The summed E-state index contributed by atoms with van der Waals surface area (Å²) >= 11 is 3.48. The fourth-order valence-electron chi connectivity index (χ4n) is 2.20. The molecule has 6 nitrogen and oxygen atoms in total. The van der Waals surface area contributed by atoms with E-state index < -0.39 is 0 Å². The van der Waals surface area contributed by atoms with Crippen molar-refractivity contribution in [2.45, 2.75) is 20.0 Å². The van der Waals surface area contributed by atoms with Crippen LogP contribution in [-0.2, 0) is 20.1 Å². The number of hydrogen-bond acceptors (Lipinski definition) is 4. The zero-order chi connectivity index (χ0) is 14.1. The highest BCUT2D eigenvalue weighted by atomic mass is 79.9. The maximum atomic E-state index is 4.65. The molecule has 20 heavy (non-hydrogen) atoms. The molecule has 0 spiro atoms. The van der Waals surface area contributed by atoms with E-state index in [1.807, 2.05) is 19.2 Å². The van der Waals surface area contributed by atoms with Crippen molar-refractivity contribution >= 4 is 32.9 Å². The van der Waals surface area contributed by atoms with Gasteiger partial charge in [-0.05, 0) is 25.1 Å². The van der Waals surface area contributed by atoms with E-state index in [1.165, 1.54) is 0 Å². The molecule has 0 radical (unpaired) electrons. The minimum absolute atomic E-state index is 0.647. The second-order valence-electron chi connectivity index (χ2n) is 4.52. The number of nitrogens with zero attached hydrogens (tertiary/aromatic N) is 5. The molecule has 0 saturated carbocycles. The fourth-order valence-corrected chi connectivity index (χ4v) is 2.55. The first-order valence-electron chi connectivity index (χ1n) is 6.42. The molecule has 104 valence electrons. The molecule has 3 aromatic rings. The lowest BCUT2D eigenvalue weighted by molar-refractivity contribution is 0.680. The molecule has 0 bridgehead atoms. The molecule has 7 heteroatoms. The lowest BCUT2D eigenvalue weighted by Crippen LogP contribution is -2.09. The summed E-state index contributed by atoms with van der Waals surface area (Å²) in [7, 11) is 1.88. The standard InChI is InChI=1S/C13H15BrN6/c1-3-20-12-5-4-9(14)6-11(12)17-13(20)15-7-10-8-16-18-19(10)2/h4-6,8H,3,7H2,1-2H3,(H,15,17). The molecule has 0 saturated heterocycles. The minimum Gasteiger partial charge on any atom is -0.350 e. The summed E-state index contributed by atoms with van der Waals surface area (Å²) in [5, 5.41) is 11.1. The molecule has 0 aliphatic rings.